The molecule has 94 valence electrons. The standard InChI is InChI=1S/C12H14Br2O3/c1-8(15)17-11-4-3-9(7-12(11)16-2)10(14)5-6-13/h3-4,7,10H,5-6H2,1-2H3. The van der Waals surface area contributed by atoms with Crippen LogP contribution in [-0.2, 0) is 4.79 Å². The Balaban J connectivity index is 2.95. The van der Waals surface area contributed by atoms with E-state index in [0.29, 0.717) is 11.5 Å². The van der Waals surface area contributed by atoms with Crippen LogP contribution in [0.1, 0.15) is 23.7 Å². The molecule has 3 nitrogen and oxygen atoms in total. The highest BCUT2D eigenvalue weighted by Gasteiger charge is 2.12. The van der Waals surface area contributed by atoms with Crippen molar-refractivity contribution >= 4 is 37.8 Å². The lowest BCUT2D eigenvalue weighted by molar-refractivity contribution is -0.132. The molecule has 5 heteroatoms. The Morgan fingerprint density at radius 3 is 2.65 bits per heavy atom. The van der Waals surface area contributed by atoms with Crippen molar-refractivity contribution in [2.75, 3.05) is 12.4 Å². The van der Waals surface area contributed by atoms with Gasteiger partial charge >= 0.3 is 5.97 Å². The van der Waals surface area contributed by atoms with Gasteiger partial charge in [-0.1, -0.05) is 37.9 Å². The molecule has 1 unspecified atom stereocenters. The number of ether oxygens (including phenoxy) is 2. The van der Waals surface area contributed by atoms with Gasteiger partial charge in [-0.05, 0) is 24.1 Å². The molecule has 0 heterocycles. The molecule has 0 saturated carbocycles. The monoisotopic (exact) mass is 364 g/mol. The first kappa shape index (κ1) is 14.5. The van der Waals surface area contributed by atoms with Crippen LogP contribution in [0.15, 0.2) is 18.2 Å². The highest BCUT2D eigenvalue weighted by atomic mass is 79.9. The molecular weight excluding hydrogens is 352 g/mol. The van der Waals surface area contributed by atoms with Crippen LogP contribution in [-0.4, -0.2) is 18.4 Å². The molecule has 0 fully saturated rings. The predicted molar refractivity (Wildman–Crippen MR) is 74.4 cm³/mol. The van der Waals surface area contributed by atoms with Gasteiger partial charge in [-0.25, -0.2) is 0 Å². The van der Waals surface area contributed by atoms with Crippen molar-refractivity contribution < 1.29 is 14.3 Å². The summed E-state index contributed by atoms with van der Waals surface area (Å²) in [6, 6.07) is 5.54. The molecule has 0 amide bonds. The summed E-state index contributed by atoms with van der Waals surface area (Å²) in [5, 5.41) is 0.914. The van der Waals surface area contributed by atoms with Gasteiger partial charge in [0.15, 0.2) is 11.5 Å². The largest absolute Gasteiger partial charge is 0.493 e. The topological polar surface area (TPSA) is 35.5 Å². The van der Waals surface area contributed by atoms with Gasteiger partial charge in [0, 0.05) is 17.1 Å². The maximum Gasteiger partial charge on any atom is 0.308 e. The second-order valence-corrected chi connectivity index (χ2v) is 5.35. The van der Waals surface area contributed by atoms with Crippen molar-refractivity contribution in [3.63, 3.8) is 0 Å². The van der Waals surface area contributed by atoms with Crippen LogP contribution in [0.2, 0.25) is 0 Å². The lowest BCUT2D eigenvalue weighted by atomic mass is 10.1. The van der Waals surface area contributed by atoms with E-state index in [4.69, 9.17) is 9.47 Å². The van der Waals surface area contributed by atoms with E-state index in [1.54, 1.807) is 13.2 Å². The van der Waals surface area contributed by atoms with Gasteiger partial charge in [0.05, 0.1) is 7.11 Å². The van der Waals surface area contributed by atoms with E-state index >= 15 is 0 Å². The van der Waals surface area contributed by atoms with E-state index in [1.807, 2.05) is 12.1 Å². The summed E-state index contributed by atoms with van der Waals surface area (Å²) in [5.74, 6) is 0.658. The first-order valence-corrected chi connectivity index (χ1v) is 7.18. The van der Waals surface area contributed by atoms with E-state index < -0.39 is 0 Å². The molecule has 17 heavy (non-hydrogen) atoms. The second kappa shape index (κ2) is 7.01. The zero-order valence-corrected chi connectivity index (χ0v) is 12.9. The SMILES string of the molecule is COc1cc(C(Br)CCBr)ccc1OC(C)=O. The molecule has 0 bridgehead atoms. The molecule has 1 atom stereocenters. The molecule has 1 aromatic carbocycles. The number of carbonyl (C=O) groups excluding carboxylic acids is 1. The van der Waals surface area contributed by atoms with Crippen LogP contribution in [0.5, 0.6) is 11.5 Å². The van der Waals surface area contributed by atoms with Crippen LogP contribution in [0.3, 0.4) is 0 Å². The van der Waals surface area contributed by atoms with Gasteiger partial charge in [-0.2, -0.15) is 0 Å². The number of halogens is 2. The number of benzene rings is 1. The van der Waals surface area contributed by atoms with E-state index in [-0.39, 0.29) is 10.8 Å². The quantitative estimate of drug-likeness (QED) is 0.451. The number of alkyl halides is 2. The van der Waals surface area contributed by atoms with E-state index in [9.17, 15) is 4.79 Å². The Bertz CT molecular complexity index is 393. The minimum absolute atomic E-state index is 0.252. The number of hydrogen-bond donors (Lipinski definition) is 0. The van der Waals surface area contributed by atoms with Gasteiger partial charge < -0.3 is 9.47 Å². The fraction of sp³-hybridized carbons (Fsp3) is 0.417. The maximum atomic E-state index is 10.9. The summed E-state index contributed by atoms with van der Waals surface area (Å²) >= 11 is 6.99. The Morgan fingerprint density at radius 1 is 1.41 bits per heavy atom. The van der Waals surface area contributed by atoms with Gasteiger partial charge in [0.2, 0.25) is 0 Å². The zero-order chi connectivity index (χ0) is 12.8. The Labute approximate surface area is 118 Å². The molecule has 0 saturated heterocycles. The third-order valence-electron chi connectivity index (χ3n) is 2.17. The summed E-state index contributed by atoms with van der Waals surface area (Å²) in [4.78, 5) is 11.2. The number of hydrogen-bond acceptors (Lipinski definition) is 3. The van der Waals surface area contributed by atoms with Crippen LogP contribution in [0, 0.1) is 0 Å². The van der Waals surface area contributed by atoms with Gasteiger partial charge in [0.1, 0.15) is 0 Å². The van der Waals surface area contributed by atoms with Crippen molar-refractivity contribution in [2.24, 2.45) is 0 Å². The molecule has 0 radical (unpaired) electrons. The van der Waals surface area contributed by atoms with Crippen molar-refractivity contribution in [3.8, 4) is 11.5 Å². The smallest absolute Gasteiger partial charge is 0.308 e. The lowest BCUT2D eigenvalue weighted by Crippen LogP contribution is -2.03. The van der Waals surface area contributed by atoms with Crippen molar-refractivity contribution in [2.45, 2.75) is 18.2 Å². The fourth-order valence-electron chi connectivity index (χ4n) is 1.38. The van der Waals surface area contributed by atoms with Crippen LogP contribution in [0.4, 0.5) is 0 Å². The summed E-state index contributed by atoms with van der Waals surface area (Å²) < 4.78 is 10.2. The van der Waals surface area contributed by atoms with E-state index in [0.717, 1.165) is 17.3 Å². The summed E-state index contributed by atoms with van der Waals surface area (Å²) in [6.07, 6.45) is 0.968. The van der Waals surface area contributed by atoms with Crippen molar-refractivity contribution in [1.29, 1.82) is 0 Å². The normalized spacial score (nSPS) is 12.0. The van der Waals surface area contributed by atoms with Crippen LogP contribution >= 0.6 is 31.9 Å². The minimum atomic E-state index is -0.355. The van der Waals surface area contributed by atoms with Gasteiger partial charge in [-0.15, -0.1) is 0 Å². The lowest BCUT2D eigenvalue weighted by Gasteiger charge is -2.13. The van der Waals surface area contributed by atoms with Crippen molar-refractivity contribution in [3.05, 3.63) is 23.8 Å². The maximum absolute atomic E-state index is 10.9. The molecular formula is C12H14Br2O3. The molecule has 0 aromatic heterocycles. The molecule has 0 aliphatic rings. The first-order chi connectivity index (χ1) is 8.08. The fourth-order valence-corrected chi connectivity index (χ4v) is 2.97. The molecule has 1 rings (SSSR count). The average molecular weight is 366 g/mol. The minimum Gasteiger partial charge on any atom is -0.493 e. The molecule has 0 spiro atoms. The Morgan fingerprint density at radius 2 is 2.12 bits per heavy atom. The van der Waals surface area contributed by atoms with Crippen LogP contribution < -0.4 is 9.47 Å². The summed E-state index contributed by atoms with van der Waals surface area (Å²) in [5.41, 5.74) is 1.09. The van der Waals surface area contributed by atoms with E-state index in [2.05, 4.69) is 31.9 Å². The first-order valence-electron chi connectivity index (χ1n) is 5.15. The molecule has 0 aliphatic heterocycles. The highest BCUT2D eigenvalue weighted by Crippen LogP contribution is 2.34. The zero-order valence-electron chi connectivity index (χ0n) is 9.70. The third kappa shape index (κ3) is 4.32. The number of rotatable bonds is 5. The molecule has 0 N–H and O–H groups in total. The highest BCUT2D eigenvalue weighted by molar-refractivity contribution is 9.09. The Hall–Kier alpha value is -0.550. The Kier molecular flexibility index (Phi) is 5.98. The summed E-state index contributed by atoms with van der Waals surface area (Å²) in [6.45, 7) is 1.37. The average Bonchev–Trinajstić information content (AvgIpc) is 2.29. The van der Waals surface area contributed by atoms with Crippen molar-refractivity contribution in [1.82, 2.24) is 0 Å². The summed E-state index contributed by atoms with van der Waals surface area (Å²) in [7, 11) is 1.56. The van der Waals surface area contributed by atoms with Gasteiger partial charge in [0.25, 0.3) is 0 Å². The van der Waals surface area contributed by atoms with Crippen LogP contribution in [0.25, 0.3) is 0 Å². The number of carbonyl (C=O) groups is 1. The number of methoxy groups -OCH3 is 1. The third-order valence-corrected chi connectivity index (χ3v) is 3.61. The van der Waals surface area contributed by atoms with E-state index in [1.165, 1.54) is 6.92 Å². The molecule has 0 aliphatic carbocycles. The molecule has 1 aromatic rings. The number of esters is 1. The predicted octanol–water partition coefficient (Wildman–Crippen LogP) is 3.84. The van der Waals surface area contributed by atoms with Gasteiger partial charge in [-0.3, -0.25) is 4.79 Å². The second-order valence-electron chi connectivity index (χ2n) is 3.45.